The van der Waals surface area contributed by atoms with Gasteiger partial charge in [0.15, 0.2) is 0 Å². The number of aryl methyl sites for hydroxylation is 2. The highest BCUT2D eigenvalue weighted by Crippen LogP contribution is 2.16. The summed E-state index contributed by atoms with van der Waals surface area (Å²) in [5.74, 6) is 0. The summed E-state index contributed by atoms with van der Waals surface area (Å²) in [6.45, 7) is 8.06. The Hall–Kier alpha value is -1.90. The fraction of sp³-hybridized carbons (Fsp3) is 0.600. The van der Waals surface area contributed by atoms with Crippen molar-refractivity contribution < 1.29 is 44.1 Å². The second kappa shape index (κ2) is 18.0. The zero-order chi connectivity index (χ0) is 30.3. The number of hydrogen-bond donors (Lipinski definition) is 0. The summed E-state index contributed by atoms with van der Waals surface area (Å²) in [7, 11) is -7.32. The second-order valence-electron chi connectivity index (χ2n) is 10.3. The minimum atomic E-state index is -3.66. The average Bonchev–Trinajstić information content (AvgIpc) is 2.99. The molecule has 0 amide bonds. The number of hydrogen-bond acceptors (Lipinski definition) is 10. The monoisotopic (exact) mass is 628 g/mol. The van der Waals surface area contributed by atoms with Crippen molar-refractivity contribution in [2.75, 3.05) is 52.9 Å². The summed E-state index contributed by atoms with van der Waals surface area (Å²) in [6, 6.07) is 13.3. The van der Waals surface area contributed by atoms with E-state index >= 15 is 0 Å². The molecule has 236 valence electrons. The van der Waals surface area contributed by atoms with Gasteiger partial charge in [-0.3, -0.25) is 8.37 Å². The SMILES string of the molecule is Cc1ccc(S(=O)(=O)OCCCOC2CCOCC2)cc1.Cc1ccc(S(=O)(=O)OCCCOC2CCOCC2)cc1. The van der Waals surface area contributed by atoms with Crippen molar-refractivity contribution in [2.24, 2.45) is 0 Å². The summed E-state index contributed by atoms with van der Waals surface area (Å²) in [5, 5.41) is 0. The molecule has 0 unspecified atom stereocenters. The quantitative estimate of drug-likeness (QED) is 0.217. The zero-order valence-corrected chi connectivity index (χ0v) is 26.2. The number of benzene rings is 2. The maximum absolute atomic E-state index is 11.9. The predicted octanol–water partition coefficient (Wildman–Crippen LogP) is 4.57. The van der Waals surface area contributed by atoms with Gasteiger partial charge in [-0.2, -0.15) is 16.8 Å². The highest BCUT2D eigenvalue weighted by atomic mass is 32.2. The van der Waals surface area contributed by atoms with Crippen molar-refractivity contribution in [1.82, 2.24) is 0 Å². The lowest BCUT2D eigenvalue weighted by molar-refractivity contribution is -0.0343. The fourth-order valence-electron chi connectivity index (χ4n) is 4.19. The predicted molar refractivity (Wildman–Crippen MR) is 157 cm³/mol. The van der Waals surface area contributed by atoms with Crippen LogP contribution in [0.15, 0.2) is 58.3 Å². The third kappa shape index (κ3) is 12.8. The van der Waals surface area contributed by atoms with Crippen LogP contribution in [0.1, 0.15) is 49.7 Å². The maximum Gasteiger partial charge on any atom is 0.296 e. The van der Waals surface area contributed by atoms with E-state index in [2.05, 4.69) is 0 Å². The third-order valence-corrected chi connectivity index (χ3v) is 9.37. The van der Waals surface area contributed by atoms with E-state index in [1.807, 2.05) is 13.8 Å². The molecule has 4 rings (SSSR count). The summed E-state index contributed by atoms with van der Waals surface area (Å²) < 4.78 is 79.6. The molecule has 0 spiro atoms. The first-order valence-electron chi connectivity index (χ1n) is 14.5. The first kappa shape index (κ1) is 34.6. The van der Waals surface area contributed by atoms with E-state index < -0.39 is 20.2 Å². The van der Waals surface area contributed by atoms with Gasteiger partial charge in [0.1, 0.15) is 0 Å². The number of ether oxygens (including phenoxy) is 4. The van der Waals surface area contributed by atoms with Gasteiger partial charge < -0.3 is 18.9 Å². The smallest absolute Gasteiger partial charge is 0.296 e. The first-order chi connectivity index (χ1) is 20.2. The van der Waals surface area contributed by atoms with Crippen LogP contribution in [0.25, 0.3) is 0 Å². The van der Waals surface area contributed by atoms with E-state index in [1.54, 1.807) is 48.5 Å². The minimum Gasteiger partial charge on any atom is -0.381 e. The number of rotatable bonds is 14. The van der Waals surface area contributed by atoms with Gasteiger partial charge in [0.05, 0.1) is 35.2 Å². The second-order valence-corrected chi connectivity index (χ2v) is 13.5. The Morgan fingerprint density at radius 1 is 0.571 bits per heavy atom. The van der Waals surface area contributed by atoms with E-state index in [4.69, 9.17) is 27.3 Å². The molecule has 2 saturated heterocycles. The van der Waals surface area contributed by atoms with Gasteiger partial charge in [-0.1, -0.05) is 35.4 Å². The van der Waals surface area contributed by atoms with Crippen LogP contribution in [-0.2, 0) is 47.5 Å². The fourth-order valence-corrected chi connectivity index (χ4v) is 6.07. The zero-order valence-electron chi connectivity index (χ0n) is 24.6. The summed E-state index contributed by atoms with van der Waals surface area (Å²) in [4.78, 5) is 0.386. The van der Waals surface area contributed by atoms with Crippen LogP contribution >= 0.6 is 0 Å². The molecule has 2 fully saturated rings. The molecule has 42 heavy (non-hydrogen) atoms. The van der Waals surface area contributed by atoms with Gasteiger partial charge in [0, 0.05) is 39.6 Å². The average molecular weight is 629 g/mol. The molecule has 0 aliphatic carbocycles. The Kier molecular flexibility index (Phi) is 14.9. The topological polar surface area (TPSA) is 124 Å². The highest BCUT2D eigenvalue weighted by Gasteiger charge is 2.17. The highest BCUT2D eigenvalue weighted by molar-refractivity contribution is 7.87. The van der Waals surface area contributed by atoms with E-state index in [0.29, 0.717) is 26.1 Å². The summed E-state index contributed by atoms with van der Waals surface area (Å²) >= 11 is 0. The molecule has 2 aromatic rings. The molecule has 0 radical (unpaired) electrons. The Labute approximate surface area is 250 Å². The molecule has 0 atom stereocenters. The van der Waals surface area contributed by atoms with Crippen LogP contribution in [-0.4, -0.2) is 81.9 Å². The molecule has 0 N–H and O–H groups in total. The van der Waals surface area contributed by atoms with Crippen LogP contribution in [0.5, 0.6) is 0 Å². The largest absolute Gasteiger partial charge is 0.381 e. The van der Waals surface area contributed by atoms with Crippen molar-refractivity contribution >= 4 is 20.2 Å². The first-order valence-corrected chi connectivity index (χ1v) is 17.3. The van der Waals surface area contributed by atoms with Crippen LogP contribution in [0, 0.1) is 13.8 Å². The normalized spacial score (nSPS) is 17.0. The molecule has 12 heteroatoms. The van der Waals surface area contributed by atoms with Gasteiger partial charge >= 0.3 is 0 Å². The lowest BCUT2D eigenvalue weighted by Crippen LogP contribution is -2.24. The Morgan fingerprint density at radius 3 is 1.24 bits per heavy atom. The van der Waals surface area contributed by atoms with Crippen LogP contribution in [0.3, 0.4) is 0 Å². The third-order valence-electron chi connectivity index (χ3n) is 6.72. The van der Waals surface area contributed by atoms with Gasteiger partial charge in [0.25, 0.3) is 20.2 Å². The van der Waals surface area contributed by atoms with E-state index in [1.165, 1.54) is 0 Å². The van der Waals surface area contributed by atoms with Crippen molar-refractivity contribution in [2.45, 2.75) is 74.4 Å². The molecular formula is C30H44O10S2. The lowest BCUT2D eigenvalue weighted by atomic mass is 10.1. The molecule has 2 aromatic carbocycles. The summed E-state index contributed by atoms with van der Waals surface area (Å²) in [5.41, 5.74) is 2.03. The summed E-state index contributed by atoms with van der Waals surface area (Å²) in [6.07, 6.45) is 5.20. The molecule has 0 bridgehead atoms. The maximum atomic E-state index is 11.9. The molecule has 0 aromatic heterocycles. The lowest BCUT2D eigenvalue weighted by Gasteiger charge is -2.22. The van der Waals surface area contributed by atoms with E-state index in [0.717, 1.165) is 63.2 Å². The Balaban J connectivity index is 0.000000230. The molecule has 2 aliphatic heterocycles. The molecule has 10 nitrogen and oxygen atoms in total. The van der Waals surface area contributed by atoms with Gasteiger partial charge in [-0.25, -0.2) is 0 Å². The van der Waals surface area contributed by atoms with Crippen molar-refractivity contribution in [3.05, 3.63) is 59.7 Å². The van der Waals surface area contributed by atoms with Crippen molar-refractivity contribution in [1.29, 1.82) is 0 Å². The van der Waals surface area contributed by atoms with E-state index in [-0.39, 0.29) is 35.2 Å². The van der Waals surface area contributed by atoms with Gasteiger partial charge in [-0.15, -0.1) is 0 Å². The Bertz CT molecular complexity index is 1130. The van der Waals surface area contributed by atoms with Crippen molar-refractivity contribution in [3.63, 3.8) is 0 Å². The van der Waals surface area contributed by atoms with Crippen LogP contribution < -0.4 is 0 Å². The van der Waals surface area contributed by atoms with Crippen molar-refractivity contribution in [3.8, 4) is 0 Å². The molecule has 0 saturated carbocycles. The molecule has 2 heterocycles. The molecule has 2 aliphatic rings. The van der Waals surface area contributed by atoms with Crippen LogP contribution in [0.4, 0.5) is 0 Å². The van der Waals surface area contributed by atoms with Gasteiger partial charge in [-0.05, 0) is 76.6 Å². The molecular weight excluding hydrogens is 584 g/mol. The van der Waals surface area contributed by atoms with Gasteiger partial charge in [0.2, 0.25) is 0 Å². The van der Waals surface area contributed by atoms with Crippen LogP contribution in [0.2, 0.25) is 0 Å². The standard InChI is InChI=1S/2C15H22O5S/c2*1-13-3-5-15(6-4-13)21(16,17)20-10-2-9-19-14-7-11-18-12-8-14/h2*3-6,14H,2,7-12H2,1H3. The van der Waals surface area contributed by atoms with E-state index in [9.17, 15) is 16.8 Å². The minimum absolute atomic E-state index is 0.138. The Morgan fingerprint density at radius 2 is 0.905 bits per heavy atom.